The van der Waals surface area contributed by atoms with Crippen LogP contribution in [0.3, 0.4) is 0 Å². The van der Waals surface area contributed by atoms with Gasteiger partial charge >= 0.3 is 6.18 Å². The predicted octanol–water partition coefficient (Wildman–Crippen LogP) is 4.05. The van der Waals surface area contributed by atoms with Gasteiger partial charge in [-0.1, -0.05) is 19.4 Å². The number of likely N-dealkylation sites (tertiary alicyclic amines) is 1. The number of halogens is 3. The lowest BCUT2D eigenvalue weighted by molar-refractivity contribution is -0.138. The first-order valence-electron chi connectivity index (χ1n) is 7.11. The van der Waals surface area contributed by atoms with Crippen molar-refractivity contribution >= 4 is 5.69 Å². The van der Waals surface area contributed by atoms with Crippen LogP contribution in [0.2, 0.25) is 0 Å². The van der Waals surface area contributed by atoms with Gasteiger partial charge in [0.25, 0.3) is 0 Å². The molecule has 2 N–H and O–H groups in total. The Kier molecular flexibility index (Phi) is 4.58. The maximum Gasteiger partial charge on any atom is 0.416 e. The molecule has 1 aliphatic heterocycles. The molecular formula is C15H21F3N2. The minimum atomic E-state index is -4.35. The number of anilines is 1. The van der Waals surface area contributed by atoms with Crippen LogP contribution >= 0.6 is 0 Å². The average molecular weight is 286 g/mol. The standard InChI is InChI=1S/C15H21F3N2/c1-2-13-5-3-4-8-20(13)10-11-6-7-12(19)9-14(11)15(16,17)18/h6-7,9,13H,2-5,8,10,19H2,1H3. The minimum Gasteiger partial charge on any atom is -0.399 e. The Morgan fingerprint density at radius 3 is 2.70 bits per heavy atom. The summed E-state index contributed by atoms with van der Waals surface area (Å²) >= 11 is 0. The van der Waals surface area contributed by atoms with Crippen molar-refractivity contribution in [2.24, 2.45) is 0 Å². The Balaban J connectivity index is 2.24. The molecule has 1 atom stereocenters. The normalized spacial score (nSPS) is 21.1. The average Bonchev–Trinajstić information content (AvgIpc) is 2.40. The zero-order chi connectivity index (χ0) is 14.8. The molecule has 0 bridgehead atoms. The van der Waals surface area contributed by atoms with Gasteiger partial charge in [0, 0.05) is 18.3 Å². The molecular weight excluding hydrogens is 265 g/mol. The second kappa shape index (κ2) is 6.04. The molecule has 1 aliphatic rings. The van der Waals surface area contributed by atoms with E-state index in [1.165, 1.54) is 12.5 Å². The van der Waals surface area contributed by atoms with Gasteiger partial charge < -0.3 is 5.73 Å². The number of alkyl halides is 3. The fourth-order valence-corrected chi connectivity index (χ4v) is 2.95. The molecule has 1 aromatic carbocycles. The third kappa shape index (κ3) is 3.45. The number of rotatable bonds is 3. The minimum absolute atomic E-state index is 0.159. The molecule has 1 unspecified atom stereocenters. The summed E-state index contributed by atoms with van der Waals surface area (Å²) < 4.78 is 39.3. The Morgan fingerprint density at radius 2 is 2.05 bits per heavy atom. The van der Waals surface area contributed by atoms with E-state index in [1.807, 2.05) is 0 Å². The number of benzene rings is 1. The molecule has 0 amide bonds. The number of hydrogen-bond acceptors (Lipinski definition) is 2. The lowest BCUT2D eigenvalue weighted by Crippen LogP contribution is -2.38. The summed E-state index contributed by atoms with van der Waals surface area (Å²) in [7, 11) is 0. The van der Waals surface area contributed by atoms with Crippen molar-refractivity contribution in [1.82, 2.24) is 4.90 Å². The van der Waals surface area contributed by atoms with Crippen molar-refractivity contribution < 1.29 is 13.2 Å². The Bertz CT molecular complexity index is 457. The maximum atomic E-state index is 13.1. The molecule has 0 spiro atoms. The third-order valence-electron chi connectivity index (χ3n) is 4.03. The van der Waals surface area contributed by atoms with Crippen molar-refractivity contribution in [3.05, 3.63) is 29.3 Å². The van der Waals surface area contributed by atoms with Gasteiger partial charge in [0.05, 0.1) is 5.56 Å². The third-order valence-corrected chi connectivity index (χ3v) is 4.03. The maximum absolute atomic E-state index is 13.1. The first kappa shape index (κ1) is 15.2. The Morgan fingerprint density at radius 1 is 1.30 bits per heavy atom. The van der Waals surface area contributed by atoms with E-state index >= 15 is 0 Å². The number of nitrogens with two attached hydrogens (primary N) is 1. The molecule has 0 radical (unpaired) electrons. The predicted molar refractivity (Wildman–Crippen MR) is 74.2 cm³/mol. The van der Waals surface area contributed by atoms with Crippen molar-refractivity contribution in [2.75, 3.05) is 12.3 Å². The molecule has 1 aromatic rings. The van der Waals surface area contributed by atoms with Crippen molar-refractivity contribution in [2.45, 2.75) is 51.4 Å². The zero-order valence-electron chi connectivity index (χ0n) is 11.7. The highest BCUT2D eigenvalue weighted by Crippen LogP contribution is 2.34. The molecule has 2 rings (SSSR count). The molecule has 5 heteroatoms. The smallest absolute Gasteiger partial charge is 0.399 e. The fourth-order valence-electron chi connectivity index (χ4n) is 2.95. The lowest BCUT2D eigenvalue weighted by atomic mass is 9.98. The molecule has 20 heavy (non-hydrogen) atoms. The lowest BCUT2D eigenvalue weighted by Gasteiger charge is -2.35. The number of piperidine rings is 1. The topological polar surface area (TPSA) is 29.3 Å². The summed E-state index contributed by atoms with van der Waals surface area (Å²) in [5, 5.41) is 0. The van der Waals surface area contributed by atoms with Crippen molar-refractivity contribution in [3.63, 3.8) is 0 Å². The highest BCUT2D eigenvalue weighted by Gasteiger charge is 2.34. The van der Waals surface area contributed by atoms with Crippen LogP contribution < -0.4 is 5.73 Å². The molecule has 1 saturated heterocycles. The van der Waals surface area contributed by atoms with E-state index in [1.54, 1.807) is 6.07 Å². The highest BCUT2D eigenvalue weighted by molar-refractivity contribution is 5.46. The molecule has 0 aromatic heterocycles. The summed E-state index contributed by atoms with van der Waals surface area (Å²) in [4.78, 5) is 2.17. The second-order valence-electron chi connectivity index (χ2n) is 5.44. The van der Waals surface area contributed by atoms with Crippen molar-refractivity contribution in [1.29, 1.82) is 0 Å². The number of hydrogen-bond donors (Lipinski definition) is 1. The van der Waals surface area contributed by atoms with Gasteiger partial charge in [-0.15, -0.1) is 0 Å². The van der Waals surface area contributed by atoms with Gasteiger partial charge in [-0.25, -0.2) is 0 Å². The summed E-state index contributed by atoms with van der Waals surface area (Å²) in [5.41, 5.74) is 5.38. The summed E-state index contributed by atoms with van der Waals surface area (Å²) in [5.74, 6) is 0. The van der Waals surface area contributed by atoms with Gasteiger partial charge in [-0.2, -0.15) is 13.2 Å². The van der Waals surface area contributed by atoms with E-state index < -0.39 is 11.7 Å². The van der Waals surface area contributed by atoms with Crippen LogP contribution in [0.15, 0.2) is 18.2 Å². The van der Waals surface area contributed by atoms with Crippen LogP contribution in [-0.2, 0) is 12.7 Å². The molecule has 2 nitrogen and oxygen atoms in total. The Hall–Kier alpha value is -1.23. The summed E-state index contributed by atoms with van der Waals surface area (Å²) in [6.07, 6.45) is -0.0545. The van der Waals surface area contributed by atoms with Crippen LogP contribution in [0.5, 0.6) is 0 Å². The van der Waals surface area contributed by atoms with Crippen LogP contribution in [0, 0.1) is 0 Å². The van der Waals surface area contributed by atoms with Gasteiger partial charge in [0.1, 0.15) is 0 Å². The van der Waals surface area contributed by atoms with E-state index in [9.17, 15) is 13.2 Å². The molecule has 1 fully saturated rings. The van der Waals surface area contributed by atoms with Gasteiger partial charge in [-0.3, -0.25) is 4.90 Å². The number of nitrogen functional groups attached to an aromatic ring is 1. The number of nitrogens with zero attached hydrogens (tertiary/aromatic N) is 1. The van der Waals surface area contributed by atoms with Crippen LogP contribution in [0.1, 0.15) is 43.7 Å². The van der Waals surface area contributed by atoms with Gasteiger partial charge in [-0.05, 0) is 43.5 Å². The summed E-state index contributed by atoms with van der Waals surface area (Å²) in [6, 6.07) is 4.50. The van der Waals surface area contributed by atoms with Crippen LogP contribution in [0.4, 0.5) is 18.9 Å². The highest BCUT2D eigenvalue weighted by atomic mass is 19.4. The van der Waals surface area contributed by atoms with Gasteiger partial charge in [0.2, 0.25) is 0 Å². The SMILES string of the molecule is CCC1CCCCN1Cc1ccc(N)cc1C(F)(F)F. The van der Waals surface area contributed by atoms with E-state index in [0.717, 1.165) is 31.9 Å². The first-order valence-corrected chi connectivity index (χ1v) is 7.11. The fraction of sp³-hybridized carbons (Fsp3) is 0.600. The summed E-state index contributed by atoms with van der Waals surface area (Å²) in [6.45, 7) is 3.32. The van der Waals surface area contributed by atoms with E-state index in [4.69, 9.17) is 5.73 Å². The second-order valence-corrected chi connectivity index (χ2v) is 5.44. The molecule has 0 aliphatic carbocycles. The van der Waals surface area contributed by atoms with Crippen molar-refractivity contribution in [3.8, 4) is 0 Å². The largest absolute Gasteiger partial charge is 0.416 e. The van der Waals surface area contributed by atoms with E-state index in [-0.39, 0.29) is 5.69 Å². The van der Waals surface area contributed by atoms with Crippen LogP contribution in [0.25, 0.3) is 0 Å². The zero-order valence-corrected chi connectivity index (χ0v) is 11.7. The monoisotopic (exact) mass is 286 g/mol. The van der Waals surface area contributed by atoms with E-state index in [2.05, 4.69) is 11.8 Å². The van der Waals surface area contributed by atoms with Gasteiger partial charge in [0.15, 0.2) is 0 Å². The Labute approximate surface area is 117 Å². The quantitative estimate of drug-likeness (QED) is 0.849. The van der Waals surface area contributed by atoms with E-state index in [0.29, 0.717) is 18.2 Å². The molecule has 0 saturated carbocycles. The first-order chi connectivity index (χ1) is 9.41. The van der Waals surface area contributed by atoms with Crippen LogP contribution in [-0.4, -0.2) is 17.5 Å². The molecule has 112 valence electrons. The molecule has 1 heterocycles.